The zero-order valence-corrected chi connectivity index (χ0v) is 25.7. The fraction of sp³-hybridized carbons (Fsp3) is 0.242. The number of anilines is 1. The third-order valence-corrected chi connectivity index (χ3v) is 10.1. The summed E-state index contributed by atoms with van der Waals surface area (Å²) in [6.07, 6.45) is 1.79. The molecule has 1 saturated heterocycles. The van der Waals surface area contributed by atoms with E-state index in [1.54, 1.807) is 30.3 Å². The van der Waals surface area contributed by atoms with E-state index in [2.05, 4.69) is 15.1 Å². The van der Waals surface area contributed by atoms with E-state index in [-0.39, 0.29) is 22.0 Å². The van der Waals surface area contributed by atoms with Crippen LogP contribution in [-0.4, -0.2) is 62.1 Å². The van der Waals surface area contributed by atoms with Gasteiger partial charge in [-0.3, -0.25) is 9.69 Å². The quantitative estimate of drug-likeness (QED) is 0.230. The lowest BCUT2D eigenvalue weighted by molar-refractivity contribution is 0.103. The van der Waals surface area contributed by atoms with Crippen molar-refractivity contribution in [2.75, 3.05) is 18.8 Å². The molecule has 4 heterocycles. The maximum atomic E-state index is 14.2. The number of piperidine rings is 1. The molecule has 45 heavy (non-hydrogen) atoms. The molecule has 1 fully saturated rings. The van der Waals surface area contributed by atoms with Crippen LogP contribution in [0.1, 0.15) is 45.8 Å². The summed E-state index contributed by atoms with van der Waals surface area (Å²) >= 11 is 0. The molecule has 7 rings (SSSR count). The Morgan fingerprint density at radius 2 is 1.87 bits per heavy atom. The van der Waals surface area contributed by atoms with Gasteiger partial charge in [0.1, 0.15) is 23.5 Å². The molecule has 0 spiro atoms. The fourth-order valence-corrected chi connectivity index (χ4v) is 7.59. The smallest absolute Gasteiger partial charge is 0.268 e. The Labute approximate surface area is 259 Å². The number of hydrogen-bond donors (Lipinski definition) is 2. The average molecular weight is 626 g/mol. The highest BCUT2D eigenvalue weighted by Crippen LogP contribution is 2.31. The van der Waals surface area contributed by atoms with Crippen LogP contribution < -0.4 is 5.73 Å². The second-order valence-corrected chi connectivity index (χ2v) is 13.5. The topological polar surface area (TPSA) is 132 Å². The van der Waals surface area contributed by atoms with Crippen LogP contribution in [0, 0.1) is 13.8 Å². The molecule has 1 aliphatic heterocycles. The monoisotopic (exact) mass is 625 g/mol. The first kappa shape index (κ1) is 28.9. The Balaban J connectivity index is 1.34. The normalized spacial score (nSPS) is 16.1. The number of nitrogens with one attached hydrogen (secondary N) is 1. The van der Waals surface area contributed by atoms with Crippen molar-refractivity contribution in [3.05, 3.63) is 101 Å². The first-order chi connectivity index (χ1) is 21.6. The molecule has 3 aromatic heterocycles. The zero-order chi connectivity index (χ0) is 31.5. The molecule has 10 nitrogen and oxygen atoms in total. The van der Waals surface area contributed by atoms with Crippen molar-refractivity contribution in [1.29, 1.82) is 0 Å². The van der Waals surface area contributed by atoms with Crippen molar-refractivity contribution in [2.45, 2.75) is 44.3 Å². The molecule has 12 heteroatoms. The van der Waals surface area contributed by atoms with Gasteiger partial charge in [-0.15, -0.1) is 0 Å². The van der Waals surface area contributed by atoms with Crippen LogP contribution in [-0.2, 0) is 16.6 Å². The third-order valence-electron chi connectivity index (χ3n) is 8.35. The number of ketones is 1. The number of halogens is 1. The van der Waals surface area contributed by atoms with Gasteiger partial charge in [0.2, 0.25) is 5.78 Å². The predicted octanol–water partition coefficient (Wildman–Crippen LogP) is 5.30. The summed E-state index contributed by atoms with van der Waals surface area (Å²) in [6, 6.07) is 19.0. The van der Waals surface area contributed by atoms with Crippen LogP contribution in [0.4, 0.5) is 10.2 Å². The van der Waals surface area contributed by atoms with Crippen LogP contribution in [0.15, 0.2) is 77.8 Å². The summed E-state index contributed by atoms with van der Waals surface area (Å²) in [6.45, 7) is 5.30. The number of imidazole rings is 1. The fourth-order valence-electron chi connectivity index (χ4n) is 6.08. The van der Waals surface area contributed by atoms with E-state index in [9.17, 15) is 17.6 Å². The predicted molar refractivity (Wildman–Crippen MR) is 171 cm³/mol. The molecule has 3 N–H and O–H groups in total. The number of aryl methyl sites for hydroxylation is 2. The van der Waals surface area contributed by atoms with Crippen LogP contribution in [0.5, 0.6) is 0 Å². The highest BCUT2D eigenvalue weighted by atomic mass is 32.2. The molecule has 3 aromatic carbocycles. The van der Waals surface area contributed by atoms with E-state index in [4.69, 9.17) is 5.73 Å². The first-order valence-corrected chi connectivity index (χ1v) is 16.2. The van der Waals surface area contributed by atoms with E-state index >= 15 is 0 Å². The number of hydrogen-bond acceptors (Lipinski definition) is 7. The number of nitrogens with two attached hydrogens (primary N) is 1. The van der Waals surface area contributed by atoms with Crippen LogP contribution >= 0.6 is 0 Å². The maximum Gasteiger partial charge on any atom is 0.268 e. The summed E-state index contributed by atoms with van der Waals surface area (Å²) in [5.41, 5.74) is 10.8. The van der Waals surface area contributed by atoms with Crippen molar-refractivity contribution in [1.82, 2.24) is 28.6 Å². The minimum Gasteiger partial charge on any atom is -0.383 e. The first-order valence-electron chi connectivity index (χ1n) is 14.8. The molecule has 0 bridgehead atoms. The number of nitrogen functional groups attached to an aromatic ring is 1. The van der Waals surface area contributed by atoms with Gasteiger partial charge in [-0.05, 0) is 81.3 Å². The van der Waals surface area contributed by atoms with Gasteiger partial charge in [-0.2, -0.15) is 5.10 Å². The van der Waals surface area contributed by atoms with Crippen molar-refractivity contribution >= 4 is 43.6 Å². The summed E-state index contributed by atoms with van der Waals surface area (Å²) < 4.78 is 45.1. The molecule has 0 aliphatic carbocycles. The Morgan fingerprint density at radius 1 is 1.07 bits per heavy atom. The van der Waals surface area contributed by atoms with Gasteiger partial charge in [-0.25, -0.2) is 26.4 Å². The van der Waals surface area contributed by atoms with Gasteiger partial charge in [0.25, 0.3) is 10.0 Å². The summed E-state index contributed by atoms with van der Waals surface area (Å²) in [7, 11) is -4.22. The van der Waals surface area contributed by atoms with E-state index in [1.807, 2.05) is 43.0 Å². The average Bonchev–Trinajstić information content (AvgIpc) is 3.70. The van der Waals surface area contributed by atoms with Crippen LogP contribution in [0.2, 0.25) is 0 Å². The number of alkyl halides is 1. The summed E-state index contributed by atoms with van der Waals surface area (Å²) in [4.78, 5) is 23.9. The molecule has 1 atom stereocenters. The van der Waals surface area contributed by atoms with Gasteiger partial charge in [0.15, 0.2) is 0 Å². The molecular weight excluding hydrogens is 593 g/mol. The van der Waals surface area contributed by atoms with Crippen molar-refractivity contribution in [3.63, 3.8) is 0 Å². The number of carbonyl (C=O) groups is 1. The highest BCUT2D eigenvalue weighted by molar-refractivity contribution is 7.90. The molecule has 230 valence electrons. The highest BCUT2D eigenvalue weighted by Gasteiger charge is 2.30. The molecule has 0 amide bonds. The number of fused-ring (bicyclic) bond motifs is 2. The van der Waals surface area contributed by atoms with E-state index < -0.39 is 22.0 Å². The van der Waals surface area contributed by atoms with Crippen LogP contribution in [0.25, 0.3) is 27.6 Å². The second kappa shape index (κ2) is 11.0. The van der Waals surface area contributed by atoms with Crippen molar-refractivity contribution in [2.24, 2.45) is 0 Å². The van der Waals surface area contributed by atoms with Crippen molar-refractivity contribution in [3.8, 4) is 5.69 Å². The second-order valence-electron chi connectivity index (χ2n) is 11.7. The molecule has 0 saturated carbocycles. The minimum absolute atomic E-state index is 0.0487. The van der Waals surface area contributed by atoms with Gasteiger partial charge < -0.3 is 10.7 Å². The molecule has 6 aromatic rings. The number of aromatic nitrogens is 5. The number of rotatable bonds is 7. The third kappa shape index (κ3) is 5.19. The lowest BCUT2D eigenvalue weighted by Gasteiger charge is -2.28. The van der Waals surface area contributed by atoms with E-state index in [0.29, 0.717) is 36.1 Å². The minimum atomic E-state index is -4.22. The molecule has 1 aliphatic rings. The molecule has 1 unspecified atom stereocenters. The number of benzene rings is 3. The number of likely N-dealkylation sites (tertiary alicyclic amines) is 1. The molecular formula is C33H32FN7O3S. The number of aromatic amines is 1. The Hall–Kier alpha value is -4.81. The van der Waals surface area contributed by atoms with Crippen LogP contribution in [0.3, 0.4) is 0 Å². The van der Waals surface area contributed by atoms with Crippen molar-refractivity contribution < 1.29 is 17.6 Å². The van der Waals surface area contributed by atoms with Gasteiger partial charge in [0.05, 0.1) is 38.9 Å². The lowest BCUT2D eigenvalue weighted by atomic mass is 10.1. The number of H-pyrrole nitrogens is 1. The summed E-state index contributed by atoms with van der Waals surface area (Å²) in [5.74, 6) is 0.252. The van der Waals surface area contributed by atoms with E-state index in [1.165, 1.54) is 23.0 Å². The zero-order valence-electron chi connectivity index (χ0n) is 24.9. The molecule has 0 radical (unpaired) electrons. The Kier molecular flexibility index (Phi) is 7.05. The van der Waals surface area contributed by atoms with E-state index in [0.717, 1.165) is 44.9 Å². The SMILES string of the molecule is Cc1ccc(S(=O)(=O)n2c(C(=O)c3cnn(-c4ccc5[nH]c(C)nc5c4)c3N)cc3ccc(CN4CCCC(F)C4)cc32)cc1. The van der Waals surface area contributed by atoms with Gasteiger partial charge in [0, 0.05) is 18.5 Å². The largest absolute Gasteiger partial charge is 0.383 e. The Bertz CT molecular complexity index is 2200. The Morgan fingerprint density at radius 3 is 2.64 bits per heavy atom. The number of nitrogens with zero attached hydrogens (tertiary/aromatic N) is 5. The maximum absolute atomic E-state index is 14.2. The van der Waals surface area contributed by atoms with Gasteiger partial charge >= 0.3 is 0 Å². The standard InChI is InChI=1S/C33H32FN7O3S/c1-20-5-10-26(11-6-20)45(43,44)41-30-14-22(18-39-13-3-4-24(34)19-39)7-8-23(30)15-31(41)32(42)27-17-36-40(33(27)35)25-9-12-28-29(16-25)38-21(2)37-28/h5-12,14-17,24H,3-4,13,18-19,35H2,1-2H3,(H,37,38). The summed E-state index contributed by atoms with van der Waals surface area (Å²) in [5, 5.41) is 4.96. The lowest BCUT2D eigenvalue weighted by Crippen LogP contribution is -2.35. The number of carbonyl (C=O) groups excluding carboxylic acids is 1. The van der Waals surface area contributed by atoms with Gasteiger partial charge in [-0.1, -0.05) is 29.8 Å².